The van der Waals surface area contributed by atoms with Gasteiger partial charge in [0.2, 0.25) is 0 Å². The van der Waals surface area contributed by atoms with Crippen molar-refractivity contribution in [1.29, 1.82) is 0 Å². The van der Waals surface area contributed by atoms with Crippen LogP contribution in [-0.2, 0) is 0 Å². The molecule has 0 aromatic heterocycles. The first-order chi connectivity index (χ1) is 23.3. The van der Waals surface area contributed by atoms with Crippen LogP contribution in [0.4, 0.5) is 0 Å². The Morgan fingerprint density at radius 1 is 0.250 bits per heavy atom. The fourth-order valence-corrected chi connectivity index (χ4v) is 7.35. The van der Waals surface area contributed by atoms with Crippen LogP contribution in [0.5, 0.6) is 0 Å². The zero-order valence-electron chi connectivity index (χ0n) is 28.9. The molecule has 0 amide bonds. The molecule has 0 saturated heterocycles. The van der Waals surface area contributed by atoms with Gasteiger partial charge in [0, 0.05) is 0 Å². The molecule has 48 heavy (non-hydrogen) atoms. The number of hydrogen-bond donors (Lipinski definition) is 0. The van der Waals surface area contributed by atoms with Gasteiger partial charge >= 0.3 is 0 Å². The molecule has 0 unspecified atom stereocenters. The Morgan fingerprint density at radius 2 is 0.771 bits per heavy atom. The lowest BCUT2D eigenvalue weighted by Crippen LogP contribution is -1.83. The Hall–Kier alpha value is -5.46. The van der Waals surface area contributed by atoms with Gasteiger partial charge in [0.25, 0.3) is 0 Å². The highest BCUT2D eigenvalue weighted by molar-refractivity contribution is 6.11. The van der Waals surface area contributed by atoms with Crippen LogP contribution in [0.3, 0.4) is 0 Å². The Balaban J connectivity index is 0.000000114. The van der Waals surface area contributed by atoms with Crippen molar-refractivity contribution in [3.63, 3.8) is 0 Å². The third kappa shape index (κ3) is 5.91. The molecule has 0 aliphatic rings. The second-order valence-electron chi connectivity index (χ2n) is 13.3. The van der Waals surface area contributed by atoms with Crippen LogP contribution >= 0.6 is 0 Å². The van der Waals surface area contributed by atoms with Gasteiger partial charge in [-0.25, -0.2) is 0 Å². The highest BCUT2D eigenvalue weighted by Crippen LogP contribution is 2.31. The summed E-state index contributed by atoms with van der Waals surface area (Å²) in [6.07, 6.45) is 0. The highest BCUT2D eigenvalue weighted by atomic mass is 14.1. The fraction of sp³-hybridized carbons (Fsp3) is 0.125. The van der Waals surface area contributed by atoms with E-state index in [1.165, 1.54) is 98.0 Å². The minimum absolute atomic E-state index is 1.32. The van der Waals surface area contributed by atoms with Crippen LogP contribution in [0.15, 0.2) is 146 Å². The zero-order chi connectivity index (χ0) is 33.4. The van der Waals surface area contributed by atoms with Gasteiger partial charge < -0.3 is 0 Å². The standard InChI is InChI=1S/3C16H14/c1-11-5-4-8-15-14(11)10-9-13-7-3-6-12(2)16(13)15;1-11-6-8-15-13(10-11)7-9-14-12(2)4-3-5-16(14)15;1-11-9-12(2)14-8-7-13-5-3-4-6-15(13)16(14)10-11/h3*3-10H,1-2H3. The predicted molar refractivity (Wildman–Crippen MR) is 213 cm³/mol. The molecule has 0 atom stereocenters. The molecule has 0 N–H and O–H groups in total. The summed E-state index contributed by atoms with van der Waals surface area (Å²) in [4.78, 5) is 0. The van der Waals surface area contributed by atoms with Crippen molar-refractivity contribution < 1.29 is 0 Å². The maximum atomic E-state index is 2.28. The second kappa shape index (κ2) is 13.0. The van der Waals surface area contributed by atoms with Gasteiger partial charge in [0.1, 0.15) is 0 Å². The normalized spacial score (nSPS) is 11.1. The Bertz CT molecular complexity index is 2610. The van der Waals surface area contributed by atoms with Crippen molar-refractivity contribution in [2.75, 3.05) is 0 Å². The molecule has 0 aliphatic heterocycles. The van der Waals surface area contributed by atoms with E-state index in [2.05, 4.69) is 187 Å². The topological polar surface area (TPSA) is 0 Å². The third-order valence-corrected chi connectivity index (χ3v) is 9.79. The zero-order valence-corrected chi connectivity index (χ0v) is 28.9. The van der Waals surface area contributed by atoms with Gasteiger partial charge in [-0.2, -0.15) is 0 Å². The molecule has 234 valence electrons. The summed E-state index contributed by atoms with van der Waals surface area (Å²) in [6.45, 7) is 13.0. The summed E-state index contributed by atoms with van der Waals surface area (Å²) in [5.74, 6) is 0. The molecule has 0 aliphatic carbocycles. The van der Waals surface area contributed by atoms with Crippen molar-refractivity contribution >= 4 is 64.6 Å². The Morgan fingerprint density at radius 3 is 1.54 bits per heavy atom. The van der Waals surface area contributed by atoms with E-state index in [9.17, 15) is 0 Å². The van der Waals surface area contributed by atoms with Gasteiger partial charge in [-0.1, -0.05) is 157 Å². The second-order valence-corrected chi connectivity index (χ2v) is 13.3. The summed E-state index contributed by atoms with van der Waals surface area (Å²) in [5.41, 5.74) is 8.07. The van der Waals surface area contributed by atoms with E-state index in [0.717, 1.165) is 0 Å². The van der Waals surface area contributed by atoms with E-state index in [1.807, 2.05) is 0 Å². The van der Waals surface area contributed by atoms with Crippen molar-refractivity contribution in [2.24, 2.45) is 0 Å². The predicted octanol–water partition coefficient (Wildman–Crippen LogP) is 13.8. The van der Waals surface area contributed by atoms with Crippen LogP contribution in [0, 0.1) is 41.5 Å². The van der Waals surface area contributed by atoms with E-state index < -0.39 is 0 Å². The number of aryl methyl sites for hydroxylation is 6. The average molecular weight is 619 g/mol. The van der Waals surface area contributed by atoms with Gasteiger partial charge in [0.15, 0.2) is 0 Å². The van der Waals surface area contributed by atoms with E-state index in [0.29, 0.717) is 0 Å². The smallest absolute Gasteiger partial charge is 0.00760 e. The van der Waals surface area contributed by atoms with E-state index >= 15 is 0 Å². The summed E-state index contributed by atoms with van der Waals surface area (Å²) in [5, 5.41) is 16.3. The molecular weight excluding hydrogens is 577 g/mol. The van der Waals surface area contributed by atoms with Crippen LogP contribution in [-0.4, -0.2) is 0 Å². The number of fused-ring (bicyclic) bond motifs is 9. The molecule has 0 heterocycles. The van der Waals surface area contributed by atoms with Gasteiger partial charge in [-0.3, -0.25) is 0 Å². The van der Waals surface area contributed by atoms with Crippen molar-refractivity contribution in [3.05, 3.63) is 179 Å². The molecule has 0 spiro atoms. The third-order valence-electron chi connectivity index (χ3n) is 9.79. The fourth-order valence-electron chi connectivity index (χ4n) is 7.35. The molecule has 0 fully saturated rings. The minimum Gasteiger partial charge on any atom is -0.0616 e. The number of hydrogen-bond acceptors (Lipinski definition) is 0. The quantitative estimate of drug-likeness (QED) is 0.148. The maximum absolute atomic E-state index is 2.28. The minimum atomic E-state index is 1.32. The van der Waals surface area contributed by atoms with Crippen LogP contribution in [0.25, 0.3) is 64.6 Å². The summed E-state index contributed by atoms with van der Waals surface area (Å²) >= 11 is 0. The SMILES string of the molecule is Cc1cc(C)c2ccc3ccccc3c2c1.Cc1ccc2c(ccc3c(C)cccc32)c1.Cc1cccc2c1ccc1cccc(C)c12. The van der Waals surface area contributed by atoms with Gasteiger partial charge in [-0.15, -0.1) is 0 Å². The molecule has 9 aromatic rings. The van der Waals surface area contributed by atoms with E-state index in [1.54, 1.807) is 0 Å². The average Bonchev–Trinajstić information content (AvgIpc) is 3.09. The lowest BCUT2D eigenvalue weighted by Gasteiger charge is -2.08. The molecule has 0 radical (unpaired) electrons. The molecule has 9 aromatic carbocycles. The lowest BCUT2D eigenvalue weighted by molar-refractivity contribution is 1.43. The monoisotopic (exact) mass is 618 g/mol. The van der Waals surface area contributed by atoms with Gasteiger partial charge in [0.05, 0.1) is 0 Å². The summed E-state index contributed by atoms with van der Waals surface area (Å²) < 4.78 is 0. The first kappa shape index (κ1) is 31.2. The first-order valence-corrected chi connectivity index (χ1v) is 16.9. The molecule has 0 nitrogen and oxygen atoms in total. The highest BCUT2D eigenvalue weighted by Gasteiger charge is 2.05. The molecule has 0 heteroatoms. The van der Waals surface area contributed by atoms with Crippen molar-refractivity contribution in [1.82, 2.24) is 0 Å². The van der Waals surface area contributed by atoms with E-state index in [4.69, 9.17) is 0 Å². The van der Waals surface area contributed by atoms with Crippen molar-refractivity contribution in [2.45, 2.75) is 41.5 Å². The molecule has 9 rings (SSSR count). The number of rotatable bonds is 0. The largest absolute Gasteiger partial charge is 0.0616 e. The van der Waals surface area contributed by atoms with Crippen LogP contribution in [0.2, 0.25) is 0 Å². The summed E-state index contributed by atoms with van der Waals surface area (Å²) in [6, 6.07) is 52.6. The number of benzene rings is 9. The van der Waals surface area contributed by atoms with E-state index in [-0.39, 0.29) is 0 Å². The molecular formula is C48H42. The Kier molecular flexibility index (Phi) is 8.42. The summed E-state index contributed by atoms with van der Waals surface area (Å²) in [7, 11) is 0. The van der Waals surface area contributed by atoms with Crippen LogP contribution in [0.1, 0.15) is 33.4 Å². The van der Waals surface area contributed by atoms with Gasteiger partial charge in [-0.05, 0) is 128 Å². The lowest BCUT2D eigenvalue weighted by atomic mass is 9.96. The van der Waals surface area contributed by atoms with Crippen molar-refractivity contribution in [3.8, 4) is 0 Å². The molecule has 0 saturated carbocycles. The Labute approximate surface area is 284 Å². The molecule has 0 bridgehead atoms. The first-order valence-electron chi connectivity index (χ1n) is 16.9. The van der Waals surface area contributed by atoms with Crippen LogP contribution < -0.4 is 0 Å². The maximum Gasteiger partial charge on any atom is -0.00760 e.